The van der Waals surface area contributed by atoms with E-state index < -0.39 is 5.60 Å². The summed E-state index contributed by atoms with van der Waals surface area (Å²) in [5.74, 6) is 0. The molecule has 1 N–H and O–H groups in total. The fourth-order valence-corrected chi connectivity index (χ4v) is 3.22. The summed E-state index contributed by atoms with van der Waals surface area (Å²) in [4.78, 5) is 0. The molecule has 0 aromatic heterocycles. The zero-order valence-electron chi connectivity index (χ0n) is 14.0. The molecule has 0 fully saturated rings. The van der Waals surface area contributed by atoms with Crippen LogP contribution in [0.2, 0.25) is 0 Å². The SMILES string of the molecule is Cc1cc(C)cc(C(C)(O)Cc2c(C)cc(C)cc2C)c1. The van der Waals surface area contributed by atoms with Crippen molar-refractivity contribution in [3.63, 3.8) is 0 Å². The second-order valence-corrected chi connectivity index (χ2v) is 6.70. The molecular weight excluding hydrogens is 256 g/mol. The molecule has 112 valence electrons. The largest absolute Gasteiger partial charge is 0.385 e. The van der Waals surface area contributed by atoms with Gasteiger partial charge in [-0.15, -0.1) is 0 Å². The maximum absolute atomic E-state index is 11.0. The van der Waals surface area contributed by atoms with Crippen LogP contribution in [0.25, 0.3) is 0 Å². The lowest BCUT2D eigenvalue weighted by atomic mass is 9.84. The first-order chi connectivity index (χ1) is 9.69. The van der Waals surface area contributed by atoms with E-state index in [0.29, 0.717) is 6.42 Å². The summed E-state index contributed by atoms with van der Waals surface area (Å²) in [6, 6.07) is 10.7. The van der Waals surface area contributed by atoms with E-state index in [0.717, 1.165) is 5.56 Å². The molecule has 2 aromatic rings. The first-order valence-corrected chi connectivity index (χ1v) is 7.57. The van der Waals surface area contributed by atoms with E-state index in [1.807, 2.05) is 6.92 Å². The number of hydrogen-bond donors (Lipinski definition) is 1. The number of hydrogen-bond acceptors (Lipinski definition) is 1. The van der Waals surface area contributed by atoms with Gasteiger partial charge >= 0.3 is 0 Å². The van der Waals surface area contributed by atoms with E-state index in [4.69, 9.17) is 0 Å². The van der Waals surface area contributed by atoms with E-state index in [9.17, 15) is 5.11 Å². The van der Waals surface area contributed by atoms with Crippen LogP contribution in [0.5, 0.6) is 0 Å². The molecule has 1 nitrogen and oxygen atoms in total. The zero-order valence-corrected chi connectivity index (χ0v) is 14.0. The van der Waals surface area contributed by atoms with Crippen molar-refractivity contribution in [2.75, 3.05) is 0 Å². The number of benzene rings is 2. The average Bonchev–Trinajstić information content (AvgIpc) is 2.32. The van der Waals surface area contributed by atoms with Gasteiger partial charge in [0.15, 0.2) is 0 Å². The van der Waals surface area contributed by atoms with Gasteiger partial charge in [0.05, 0.1) is 5.60 Å². The molecule has 0 aliphatic heterocycles. The number of aryl methyl sites for hydroxylation is 5. The Morgan fingerprint density at radius 2 is 1.19 bits per heavy atom. The Kier molecular flexibility index (Phi) is 4.25. The van der Waals surface area contributed by atoms with Gasteiger partial charge in [-0.25, -0.2) is 0 Å². The Bertz CT molecular complexity index is 622. The highest BCUT2D eigenvalue weighted by Gasteiger charge is 2.25. The highest BCUT2D eigenvalue weighted by Crippen LogP contribution is 2.30. The number of rotatable bonds is 3. The Morgan fingerprint density at radius 3 is 1.67 bits per heavy atom. The van der Waals surface area contributed by atoms with Crippen LogP contribution in [0.1, 0.15) is 45.9 Å². The molecule has 0 aliphatic carbocycles. The van der Waals surface area contributed by atoms with Crippen molar-refractivity contribution >= 4 is 0 Å². The first-order valence-electron chi connectivity index (χ1n) is 7.57. The van der Waals surface area contributed by atoms with Gasteiger partial charge in [-0.1, -0.05) is 47.0 Å². The number of aliphatic hydroxyl groups is 1. The summed E-state index contributed by atoms with van der Waals surface area (Å²) in [6.07, 6.45) is 0.647. The van der Waals surface area contributed by atoms with Crippen LogP contribution >= 0.6 is 0 Å². The summed E-state index contributed by atoms with van der Waals surface area (Å²) >= 11 is 0. The highest BCUT2D eigenvalue weighted by atomic mass is 16.3. The Balaban J connectivity index is 2.41. The summed E-state index contributed by atoms with van der Waals surface area (Å²) in [5.41, 5.74) is 7.60. The smallest absolute Gasteiger partial charge is 0.0909 e. The van der Waals surface area contributed by atoms with E-state index in [1.165, 1.54) is 33.4 Å². The highest BCUT2D eigenvalue weighted by molar-refractivity contribution is 5.40. The van der Waals surface area contributed by atoms with Crippen molar-refractivity contribution < 1.29 is 5.11 Å². The third kappa shape index (κ3) is 3.54. The summed E-state index contributed by atoms with van der Waals surface area (Å²) in [7, 11) is 0. The van der Waals surface area contributed by atoms with Gasteiger partial charge in [0.2, 0.25) is 0 Å². The lowest BCUT2D eigenvalue weighted by Crippen LogP contribution is -2.25. The van der Waals surface area contributed by atoms with Gasteiger partial charge in [0.25, 0.3) is 0 Å². The van der Waals surface area contributed by atoms with Crippen LogP contribution < -0.4 is 0 Å². The summed E-state index contributed by atoms with van der Waals surface area (Å²) in [6.45, 7) is 12.5. The molecule has 0 heterocycles. The Morgan fingerprint density at radius 1 is 0.762 bits per heavy atom. The third-order valence-electron chi connectivity index (χ3n) is 4.20. The topological polar surface area (TPSA) is 20.2 Å². The van der Waals surface area contributed by atoms with Crippen LogP contribution in [0, 0.1) is 34.6 Å². The molecule has 2 rings (SSSR count). The lowest BCUT2D eigenvalue weighted by molar-refractivity contribution is 0.0572. The van der Waals surface area contributed by atoms with E-state index in [-0.39, 0.29) is 0 Å². The van der Waals surface area contributed by atoms with E-state index >= 15 is 0 Å². The van der Waals surface area contributed by atoms with Crippen molar-refractivity contribution in [3.05, 3.63) is 69.3 Å². The molecule has 1 unspecified atom stereocenters. The minimum Gasteiger partial charge on any atom is -0.385 e. The van der Waals surface area contributed by atoms with Gasteiger partial charge < -0.3 is 5.11 Å². The van der Waals surface area contributed by atoms with Crippen LogP contribution in [-0.2, 0) is 12.0 Å². The van der Waals surface area contributed by atoms with Crippen LogP contribution in [0.15, 0.2) is 30.3 Å². The fraction of sp³-hybridized carbons (Fsp3) is 0.400. The zero-order chi connectivity index (χ0) is 15.8. The van der Waals surface area contributed by atoms with E-state index in [1.54, 1.807) is 0 Å². The molecule has 1 heteroatoms. The second-order valence-electron chi connectivity index (χ2n) is 6.70. The van der Waals surface area contributed by atoms with Crippen molar-refractivity contribution in [2.24, 2.45) is 0 Å². The monoisotopic (exact) mass is 282 g/mol. The van der Waals surface area contributed by atoms with Crippen LogP contribution in [0.4, 0.5) is 0 Å². The maximum Gasteiger partial charge on any atom is 0.0909 e. The fourth-order valence-electron chi connectivity index (χ4n) is 3.22. The van der Waals surface area contributed by atoms with Crippen LogP contribution in [-0.4, -0.2) is 5.11 Å². The quantitative estimate of drug-likeness (QED) is 0.866. The second kappa shape index (κ2) is 5.65. The average molecular weight is 282 g/mol. The molecule has 0 radical (unpaired) electrons. The summed E-state index contributed by atoms with van der Waals surface area (Å²) in [5, 5.41) is 11.0. The molecule has 0 amide bonds. The molecule has 0 aliphatic rings. The van der Waals surface area contributed by atoms with Crippen molar-refractivity contribution in [1.29, 1.82) is 0 Å². The van der Waals surface area contributed by atoms with Gasteiger partial charge in [0.1, 0.15) is 0 Å². The minimum absolute atomic E-state index is 0.647. The molecule has 1 atom stereocenters. The maximum atomic E-state index is 11.0. The van der Waals surface area contributed by atoms with Gasteiger partial charge in [-0.3, -0.25) is 0 Å². The minimum atomic E-state index is -0.846. The Hall–Kier alpha value is -1.60. The van der Waals surface area contributed by atoms with Crippen molar-refractivity contribution in [2.45, 2.75) is 53.6 Å². The first kappa shape index (κ1) is 15.8. The van der Waals surface area contributed by atoms with Crippen LogP contribution in [0.3, 0.4) is 0 Å². The predicted octanol–water partition coefficient (Wildman–Crippen LogP) is 4.68. The molecule has 0 bridgehead atoms. The Labute approximate surface area is 128 Å². The van der Waals surface area contributed by atoms with Crippen molar-refractivity contribution in [1.82, 2.24) is 0 Å². The van der Waals surface area contributed by atoms with Crippen molar-refractivity contribution in [3.8, 4) is 0 Å². The molecular formula is C20H26O. The lowest BCUT2D eigenvalue weighted by Gasteiger charge is -2.27. The molecule has 21 heavy (non-hydrogen) atoms. The molecule has 0 saturated heterocycles. The van der Waals surface area contributed by atoms with Gasteiger partial charge in [0, 0.05) is 6.42 Å². The predicted molar refractivity (Wildman–Crippen MR) is 89.8 cm³/mol. The van der Waals surface area contributed by atoms with Gasteiger partial charge in [-0.2, -0.15) is 0 Å². The normalized spacial score (nSPS) is 14.0. The van der Waals surface area contributed by atoms with Gasteiger partial charge in [-0.05, 0) is 63.8 Å². The standard InChI is InChI=1S/C20H26O/c1-13-7-14(2)11-18(10-13)20(6,21)12-19-16(4)8-15(3)9-17(19)5/h7-11,21H,12H2,1-6H3. The third-order valence-corrected chi connectivity index (χ3v) is 4.20. The summed E-state index contributed by atoms with van der Waals surface area (Å²) < 4.78 is 0. The molecule has 2 aromatic carbocycles. The molecule has 0 spiro atoms. The molecule has 0 saturated carbocycles. The van der Waals surface area contributed by atoms with E-state index in [2.05, 4.69) is 65.0 Å².